The van der Waals surface area contributed by atoms with Gasteiger partial charge >= 0.3 is 0 Å². The van der Waals surface area contributed by atoms with Crippen molar-refractivity contribution in [1.82, 2.24) is 4.90 Å². The van der Waals surface area contributed by atoms with Gasteiger partial charge in [0.15, 0.2) is 0 Å². The van der Waals surface area contributed by atoms with Gasteiger partial charge in [-0.1, -0.05) is 35.9 Å². The molecule has 0 radical (unpaired) electrons. The summed E-state index contributed by atoms with van der Waals surface area (Å²) < 4.78 is 13.1. The first-order valence-corrected chi connectivity index (χ1v) is 7.69. The fourth-order valence-electron chi connectivity index (χ4n) is 3.27. The summed E-state index contributed by atoms with van der Waals surface area (Å²) in [6.45, 7) is 6.42. The van der Waals surface area contributed by atoms with Crippen molar-refractivity contribution in [1.29, 1.82) is 0 Å². The number of hydrogen-bond donors (Lipinski definition) is 0. The fourth-order valence-corrected chi connectivity index (χ4v) is 3.27. The number of hydrogen-bond acceptors (Lipinski definition) is 1. The third kappa shape index (κ3) is 3.16. The van der Waals surface area contributed by atoms with Crippen LogP contribution in [0.4, 0.5) is 4.39 Å². The molecule has 110 valence electrons. The number of likely N-dealkylation sites (tertiary alicyclic amines) is 1. The number of halogens is 1. The van der Waals surface area contributed by atoms with Gasteiger partial charge in [0.1, 0.15) is 5.82 Å². The number of benzene rings is 2. The second kappa shape index (κ2) is 5.98. The Labute approximate surface area is 126 Å². The molecule has 1 aliphatic rings. The van der Waals surface area contributed by atoms with Crippen molar-refractivity contribution in [3.05, 3.63) is 70.5 Å². The molecule has 1 fully saturated rings. The van der Waals surface area contributed by atoms with E-state index in [4.69, 9.17) is 0 Å². The Morgan fingerprint density at radius 3 is 2.62 bits per heavy atom. The summed E-state index contributed by atoms with van der Waals surface area (Å²) in [5.74, 6) is -0.155. The van der Waals surface area contributed by atoms with E-state index in [0.29, 0.717) is 6.04 Å². The van der Waals surface area contributed by atoms with Crippen LogP contribution < -0.4 is 0 Å². The maximum Gasteiger partial charge on any atom is 0.123 e. The van der Waals surface area contributed by atoms with Crippen LogP contribution >= 0.6 is 0 Å². The molecular formula is C19H22FN. The average Bonchev–Trinajstić information content (AvgIpc) is 2.92. The molecule has 0 aliphatic carbocycles. The Morgan fingerprint density at radius 1 is 1.10 bits per heavy atom. The van der Waals surface area contributed by atoms with Crippen LogP contribution in [0, 0.1) is 19.7 Å². The van der Waals surface area contributed by atoms with Crippen molar-refractivity contribution in [3.63, 3.8) is 0 Å². The molecule has 2 aromatic rings. The van der Waals surface area contributed by atoms with Crippen LogP contribution in [0.5, 0.6) is 0 Å². The largest absolute Gasteiger partial charge is 0.292 e. The Hall–Kier alpha value is -1.67. The first-order chi connectivity index (χ1) is 10.1. The van der Waals surface area contributed by atoms with Crippen molar-refractivity contribution in [2.24, 2.45) is 0 Å². The molecule has 1 saturated heterocycles. The normalized spacial score (nSPS) is 19.1. The van der Waals surface area contributed by atoms with E-state index in [9.17, 15) is 4.39 Å². The summed E-state index contributed by atoms with van der Waals surface area (Å²) in [6, 6.07) is 14.1. The van der Waals surface area contributed by atoms with E-state index in [-0.39, 0.29) is 5.82 Å². The highest BCUT2D eigenvalue weighted by molar-refractivity contribution is 5.31. The quantitative estimate of drug-likeness (QED) is 0.783. The monoisotopic (exact) mass is 283 g/mol. The van der Waals surface area contributed by atoms with E-state index in [1.807, 2.05) is 12.1 Å². The van der Waals surface area contributed by atoms with Gasteiger partial charge < -0.3 is 0 Å². The summed E-state index contributed by atoms with van der Waals surface area (Å²) in [5.41, 5.74) is 5.31. The minimum Gasteiger partial charge on any atom is -0.292 e. The summed E-state index contributed by atoms with van der Waals surface area (Å²) >= 11 is 0. The second-order valence-electron chi connectivity index (χ2n) is 6.11. The van der Waals surface area contributed by atoms with Crippen LogP contribution in [0.25, 0.3) is 0 Å². The van der Waals surface area contributed by atoms with E-state index in [1.54, 1.807) is 12.1 Å². The molecule has 3 rings (SSSR count). The molecule has 2 heteroatoms. The smallest absolute Gasteiger partial charge is 0.123 e. The maximum atomic E-state index is 13.1. The first kappa shape index (κ1) is 14.3. The number of nitrogens with zero attached hydrogens (tertiary/aromatic N) is 1. The SMILES string of the molecule is Cc1ccc(C)c(CN2CCCC2c2ccc(F)cc2)c1. The van der Waals surface area contributed by atoms with Crippen LogP contribution in [0.3, 0.4) is 0 Å². The predicted molar refractivity (Wildman–Crippen MR) is 84.7 cm³/mol. The van der Waals surface area contributed by atoms with Crippen LogP contribution in [-0.4, -0.2) is 11.4 Å². The summed E-state index contributed by atoms with van der Waals surface area (Å²) in [5, 5.41) is 0. The molecule has 1 aliphatic heterocycles. The van der Waals surface area contributed by atoms with Gasteiger partial charge in [-0.15, -0.1) is 0 Å². The van der Waals surface area contributed by atoms with Crippen molar-refractivity contribution in [2.75, 3.05) is 6.54 Å². The first-order valence-electron chi connectivity index (χ1n) is 7.69. The molecule has 0 amide bonds. The second-order valence-corrected chi connectivity index (χ2v) is 6.11. The Morgan fingerprint density at radius 2 is 1.86 bits per heavy atom. The Bertz CT molecular complexity index is 618. The van der Waals surface area contributed by atoms with Gasteiger partial charge in [0.2, 0.25) is 0 Å². The molecule has 0 saturated carbocycles. The van der Waals surface area contributed by atoms with Crippen LogP contribution in [0.2, 0.25) is 0 Å². The molecule has 0 aromatic heterocycles. The highest BCUT2D eigenvalue weighted by Crippen LogP contribution is 2.33. The summed E-state index contributed by atoms with van der Waals surface area (Å²) in [6.07, 6.45) is 2.38. The van der Waals surface area contributed by atoms with E-state index in [2.05, 4.69) is 36.9 Å². The molecule has 1 atom stereocenters. The lowest BCUT2D eigenvalue weighted by atomic mass is 10.0. The lowest BCUT2D eigenvalue weighted by Gasteiger charge is -2.26. The standard InChI is InChI=1S/C19H22FN/c1-14-5-6-15(2)17(12-14)13-21-11-3-4-19(21)16-7-9-18(20)10-8-16/h5-10,12,19H,3-4,11,13H2,1-2H3. The number of aryl methyl sites for hydroxylation is 2. The van der Waals surface area contributed by atoms with Gasteiger partial charge in [-0.3, -0.25) is 4.90 Å². The molecule has 2 aromatic carbocycles. The topological polar surface area (TPSA) is 3.24 Å². The zero-order valence-corrected chi connectivity index (χ0v) is 12.8. The summed E-state index contributed by atoms with van der Waals surface area (Å²) in [7, 11) is 0. The van der Waals surface area contributed by atoms with Crippen LogP contribution in [0.15, 0.2) is 42.5 Å². The minimum atomic E-state index is -0.155. The molecule has 21 heavy (non-hydrogen) atoms. The van der Waals surface area contributed by atoms with Gasteiger partial charge in [0.25, 0.3) is 0 Å². The Kier molecular flexibility index (Phi) is 4.07. The molecule has 1 nitrogen and oxygen atoms in total. The van der Waals surface area contributed by atoms with Gasteiger partial charge in [0, 0.05) is 12.6 Å². The van der Waals surface area contributed by atoms with Crippen molar-refractivity contribution in [2.45, 2.75) is 39.3 Å². The third-order valence-corrected chi connectivity index (χ3v) is 4.50. The zero-order chi connectivity index (χ0) is 14.8. The molecular weight excluding hydrogens is 261 g/mol. The minimum absolute atomic E-state index is 0.155. The lowest BCUT2D eigenvalue weighted by molar-refractivity contribution is 0.248. The maximum absolute atomic E-state index is 13.1. The van der Waals surface area contributed by atoms with Crippen LogP contribution in [-0.2, 0) is 6.54 Å². The molecule has 0 bridgehead atoms. The zero-order valence-electron chi connectivity index (χ0n) is 12.8. The number of rotatable bonds is 3. The molecule has 1 unspecified atom stereocenters. The van der Waals surface area contributed by atoms with Crippen molar-refractivity contribution < 1.29 is 4.39 Å². The Balaban J connectivity index is 1.81. The van der Waals surface area contributed by atoms with Crippen molar-refractivity contribution >= 4 is 0 Å². The van der Waals surface area contributed by atoms with E-state index >= 15 is 0 Å². The van der Waals surface area contributed by atoms with E-state index in [1.165, 1.54) is 28.7 Å². The van der Waals surface area contributed by atoms with Gasteiger partial charge in [-0.2, -0.15) is 0 Å². The van der Waals surface area contributed by atoms with E-state index in [0.717, 1.165) is 19.5 Å². The molecule has 1 heterocycles. The summed E-state index contributed by atoms with van der Waals surface area (Å²) in [4.78, 5) is 2.52. The van der Waals surface area contributed by atoms with Crippen LogP contribution in [0.1, 0.15) is 41.1 Å². The highest BCUT2D eigenvalue weighted by Gasteiger charge is 2.26. The average molecular weight is 283 g/mol. The highest BCUT2D eigenvalue weighted by atomic mass is 19.1. The van der Waals surface area contributed by atoms with Gasteiger partial charge in [-0.25, -0.2) is 4.39 Å². The van der Waals surface area contributed by atoms with Gasteiger partial charge in [-0.05, 0) is 62.1 Å². The van der Waals surface area contributed by atoms with Crippen molar-refractivity contribution in [3.8, 4) is 0 Å². The predicted octanol–water partition coefficient (Wildman–Crippen LogP) is 4.78. The fraction of sp³-hybridized carbons (Fsp3) is 0.368. The molecule has 0 N–H and O–H groups in total. The molecule has 0 spiro atoms. The lowest BCUT2D eigenvalue weighted by Crippen LogP contribution is -2.23. The van der Waals surface area contributed by atoms with E-state index < -0.39 is 0 Å². The third-order valence-electron chi connectivity index (χ3n) is 4.50. The van der Waals surface area contributed by atoms with Gasteiger partial charge in [0.05, 0.1) is 0 Å².